The molecule has 1 aliphatic heterocycles. The Morgan fingerprint density at radius 3 is 2.61 bits per heavy atom. The lowest BCUT2D eigenvalue weighted by Crippen LogP contribution is -2.37. The molecule has 0 saturated carbocycles. The second-order valence-corrected chi connectivity index (χ2v) is 7.26. The molecule has 2 aromatic carbocycles. The van der Waals surface area contributed by atoms with Gasteiger partial charge >= 0.3 is 0 Å². The summed E-state index contributed by atoms with van der Waals surface area (Å²) in [6.45, 7) is 1.45. The van der Waals surface area contributed by atoms with E-state index in [1.54, 1.807) is 12.1 Å². The smallest absolute Gasteiger partial charge is 0.287 e. The fourth-order valence-electron chi connectivity index (χ4n) is 3.77. The van der Waals surface area contributed by atoms with Gasteiger partial charge in [-0.3, -0.25) is 4.79 Å². The van der Waals surface area contributed by atoms with Gasteiger partial charge in [0.1, 0.15) is 0 Å². The highest BCUT2D eigenvalue weighted by Crippen LogP contribution is 2.35. The molecule has 1 atom stereocenters. The van der Waals surface area contributed by atoms with E-state index in [1.807, 2.05) is 14.1 Å². The van der Waals surface area contributed by atoms with E-state index in [4.69, 9.17) is 4.42 Å². The minimum absolute atomic E-state index is 0.0544. The van der Waals surface area contributed by atoms with Gasteiger partial charge in [-0.25, -0.2) is 0 Å². The number of benzene rings is 2. The van der Waals surface area contributed by atoms with Gasteiger partial charge in [-0.2, -0.15) is 0 Å². The van der Waals surface area contributed by atoms with Crippen molar-refractivity contribution in [1.82, 2.24) is 5.32 Å². The molecule has 4 rings (SSSR count). The highest BCUT2D eigenvalue weighted by atomic mass is 16.3. The van der Waals surface area contributed by atoms with E-state index < -0.39 is 0 Å². The number of fused-ring (bicyclic) bond motifs is 1. The monoisotopic (exact) mass is 375 g/mol. The average molecular weight is 375 g/mol. The molecule has 0 radical (unpaired) electrons. The zero-order chi connectivity index (χ0) is 19.5. The predicted octanol–water partition coefficient (Wildman–Crippen LogP) is 3.88. The van der Waals surface area contributed by atoms with Crippen molar-refractivity contribution in [3.05, 3.63) is 83.8 Å². The van der Waals surface area contributed by atoms with Crippen molar-refractivity contribution in [1.29, 1.82) is 0 Å². The molecule has 0 fully saturated rings. The number of para-hydroxylation sites is 1. The Labute approximate surface area is 165 Å². The summed E-state index contributed by atoms with van der Waals surface area (Å²) in [5.74, 6) is 0.149. The number of carbonyl (C=O) groups excluding carboxylic acids is 1. The second kappa shape index (κ2) is 7.80. The average Bonchev–Trinajstić information content (AvgIpc) is 3.39. The minimum Gasteiger partial charge on any atom is -0.459 e. The number of nitrogens with one attached hydrogen (secondary N) is 1. The van der Waals surface area contributed by atoms with E-state index in [0.717, 1.165) is 18.7 Å². The van der Waals surface area contributed by atoms with Gasteiger partial charge in [-0.1, -0.05) is 30.3 Å². The third-order valence-electron chi connectivity index (χ3n) is 5.29. The van der Waals surface area contributed by atoms with Crippen molar-refractivity contribution >= 4 is 17.3 Å². The fourth-order valence-corrected chi connectivity index (χ4v) is 3.77. The van der Waals surface area contributed by atoms with E-state index in [0.29, 0.717) is 12.3 Å². The van der Waals surface area contributed by atoms with Crippen molar-refractivity contribution in [2.24, 2.45) is 0 Å². The van der Waals surface area contributed by atoms with Gasteiger partial charge in [-0.15, -0.1) is 0 Å². The zero-order valence-corrected chi connectivity index (χ0v) is 16.3. The van der Waals surface area contributed by atoms with Crippen LogP contribution in [0.1, 0.15) is 27.7 Å². The molecule has 1 amide bonds. The fraction of sp³-hybridized carbons (Fsp3) is 0.261. The van der Waals surface area contributed by atoms with Gasteiger partial charge in [0.25, 0.3) is 5.91 Å². The number of carbonyl (C=O) groups is 1. The molecule has 1 unspecified atom stereocenters. The van der Waals surface area contributed by atoms with Crippen LogP contribution in [0.2, 0.25) is 0 Å². The first-order valence-corrected chi connectivity index (χ1v) is 9.57. The number of rotatable bonds is 6. The third-order valence-corrected chi connectivity index (χ3v) is 5.29. The van der Waals surface area contributed by atoms with Gasteiger partial charge in [0.2, 0.25) is 0 Å². The Morgan fingerprint density at radius 2 is 1.89 bits per heavy atom. The summed E-state index contributed by atoms with van der Waals surface area (Å²) in [4.78, 5) is 16.9. The molecule has 5 nitrogen and oxygen atoms in total. The van der Waals surface area contributed by atoms with Crippen molar-refractivity contribution in [3.63, 3.8) is 0 Å². The maximum absolute atomic E-state index is 12.4. The molecule has 1 aromatic heterocycles. The van der Waals surface area contributed by atoms with Gasteiger partial charge in [0, 0.05) is 38.6 Å². The number of furan rings is 1. The minimum atomic E-state index is -0.188. The van der Waals surface area contributed by atoms with Gasteiger partial charge in [0.05, 0.1) is 12.3 Å². The Hall–Kier alpha value is -3.21. The number of anilines is 2. The van der Waals surface area contributed by atoms with Crippen LogP contribution in [0.25, 0.3) is 0 Å². The van der Waals surface area contributed by atoms with Crippen molar-refractivity contribution in [2.75, 3.05) is 37.0 Å². The van der Waals surface area contributed by atoms with Crippen LogP contribution in [-0.4, -0.2) is 33.1 Å². The van der Waals surface area contributed by atoms with E-state index in [-0.39, 0.29) is 11.9 Å². The van der Waals surface area contributed by atoms with Gasteiger partial charge < -0.3 is 19.5 Å². The molecule has 0 saturated heterocycles. The molecule has 0 aliphatic carbocycles. The van der Waals surface area contributed by atoms with Crippen LogP contribution in [0.4, 0.5) is 11.4 Å². The molecule has 1 aliphatic rings. The molecule has 2 heterocycles. The van der Waals surface area contributed by atoms with E-state index in [1.165, 1.54) is 23.1 Å². The summed E-state index contributed by atoms with van der Waals surface area (Å²) in [6, 6.07) is 20.5. The van der Waals surface area contributed by atoms with Crippen LogP contribution >= 0.6 is 0 Å². The van der Waals surface area contributed by atoms with E-state index in [2.05, 4.69) is 63.6 Å². The van der Waals surface area contributed by atoms with Gasteiger partial charge in [-0.05, 0) is 47.9 Å². The largest absolute Gasteiger partial charge is 0.459 e. The molecule has 144 valence electrons. The van der Waals surface area contributed by atoms with Gasteiger partial charge in [0.15, 0.2) is 5.76 Å². The SMILES string of the molecule is CN(C)c1ccc(C(CNC(=O)c2ccco2)N2CCc3ccccc32)cc1. The highest BCUT2D eigenvalue weighted by Gasteiger charge is 2.27. The van der Waals surface area contributed by atoms with Crippen LogP contribution in [0.5, 0.6) is 0 Å². The Balaban J connectivity index is 1.60. The summed E-state index contributed by atoms with van der Waals surface area (Å²) < 4.78 is 5.23. The Kier molecular flexibility index (Phi) is 5.06. The predicted molar refractivity (Wildman–Crippen MR) is 112 cm³/mol. The quantitative estimate of drug-likeness (QED) is 0.710. The molecule has 0 bridgehead atoms. The zero-order valence-electron chi connectivity index (χ0n) is 16.3. The maximum Gasteiger partial charge on any atom is 0.287 e. The van der Waals surface area contributed by atoms with Crippen molar-refractivity contribution in [2.45, 2.75) is 12.5 Å². The summed E-state index contributed by atoms with van der Waals surface area (Å²) in [7, 11) is 4.07. The summed E-state index contributed by atoms with van der Waals surface area (Å²) in [5.41, 5.74) is 4.94. The molecular weight excluding hydrogens is 350 g/mol. The van der Waals surface area contributed by atoms with E-state index in [9.17, 15) is 4.79 Å². The van der Waals surface area contributed by atoms with Crippen LogP contribution in [0, 0.1) is 0 Å². The van der Waals surface area contributed by atoms with Crippen LogP contribution < -0.4 is 15.1 Å². The number of amides is 1. The Bertz CT molecular complexity index is 933. The van der Waals surface area contributed by atoms with Crippen molar-refractivity contribution < 1.29 is 9.21 Å². The number of hydrogen-bond acceptors (Lipinski definition) is 4. The van der Waals surface area contributed by atoms with Crippen LogP contribution in [-0.2, 0) is 6.42 Å². The standard InChI is InChI=1S/C23H25N3O2/c1-25(2)19-11-9-18(10-12-19)21(16-24-23(27)22-8-5-15-28-22)26-14-13-17-6-3-4-7-20(17)26/h3-12,15,21H,13-14,16H2,1-2H3,(H,24,27). The first-order valence-electron chi connectivity index (χ1n) is 9.57. The molecular formula is C23H25N3O2. The first kappa shape index (κ1) is 18.2. The topological polar surface area (TPSA) is 48.7 Å². The lowest BCUT2D eigenvalue weighted by Gasteiger charge is -2.31. The third kappa shape index (κ3) is 3.60. The summed E-state index contributed by atoms with van der Waals surface area (Å²) >= 11 is 0. The molecule has 3 aromatic rings. The lowest BCUT2D eigenvalue weighted by atomic mass is 10.0. The molecule has 1 N–H and O–H groups in total. The van der Waals surface area contributed by atoms with Crippen LogP contribution in [0.3, 0.4) is 0 Å². The highest BCUT2D eigenvalue weighted by molar-refractivity contribution is 5.91. The maximum atomic E-state index is 12.4. The Morgan fingerprint density at radius 1 is 1.11 bits per heavy atom. The number of hydrogen-bond donors (Lipinski definition) is 1. The first-order chi connectivity index (χ1) is 13.6. The number of nitrogens with zero attached hydrogens (tertiary/aromatic N) is 2. The molecule has 5 heteroatoms. The van der Waals surface area contributed by atoms with E-state index >= 15 is 0 Å². The molecule has 0 spiro atoms. The second-order valence-electron chi connectivity index (χ2n) is 7.26. The normalized spacial score (nSPS) is 13.9. The summed E-state index contributed by atoms with van der Waals surface area (Å²) in [5, 5.41) is 3.04. The molecule has 28 heavy (non-hydrogen) atoms. The lowest BCUT2D eigenvalue weighted by molar-refractivity contribution is 0.0923. The van der Waals surface area contributed by atoms with Crippen molar-refractivity contribution in [3.8, 4) is 0 Å². The summed E-state index contributed by atoms with van der Waals surface area (Å²) in [6.07, 6.45) is 2.54. The van der Waals surface area contributed by atoms with Crippen LogP contribution in [0.15, 0.2) is 71.3 Å².